The summed E-state index contributed by atoms with van der Waals surface area (Å²) in [6.45, 7) is 1.54. The van der Waals surface area contributed by atoms with Gasteiger partial charge in [-0.05, 0) is 13.0 Å². The molecule has 21 heavy (non-hydrogen) atoms. The molecule has 7 heteroatoms. The van der Waals surface area contributed by atoms with Crippen molar-refractivity contribution in [3.05, 3.63) is 52.8 Å². The summed E-state index contributed by atoms with van der Waals surface area (Å²) in [7, 11) is 0. The maximum Gasteiger partial charge on any atom is 0.433 e. The summed E-state index contributed by atoms with van der Waals surface area (Å²) in [5, 5.41) is 3.94. The Hall–Kier alpha value is -2.08. The van der Waals surface area contributed by atoms with Crippen molar-refractivity contribution in [1.29, 1.82) is 0 Å². The molecule has 0 spiro atoms. The number of benzene rings is 1. The lowest BCUT2D eigenvalue weighted by atomic mass is 10.1. The molecule has 0 radical (unpaired) electrons. The van der Waals surface area contributed by atoms with Gasteiger partial charge >= 0.3 is 6.18 Å². The lowest BCUT2D eigenvalue weighted by molar-refractivity contribution is -0.142. The number of fused-ring (bicyclic) bond motifs is 1. The zero-order chi connectivity index (χ0) is 15.2. The van der Waals surface area contributed by atoms with E-state index in [4.69, 9.17) is 11.6 Å². The van der Waals surface area contributed by atoms with Gasteiger partial charge < -0.3 is 0 Å². The van der Waals surface area contributed by atoms with Crippen molar-refractivity contribution in [3.8, 4) is 11.3 Å². The predicted octanol–water partition coefficient (Wildman–Crippen LogP) is 4.38. The number of aromatic nitrogens is 3. The monoisotopic (exact) mass is 311 g/mol. The molecule has 1 aromatic carbocycles. The smallest absolute Gasteiger partial charge is 0.227 e. The summed E-state index contributed by atoms with van der Waals surface area (Å²) >= 11 is 6.01. The molecule has 0 saturated heterocycles. The average molecular weight is 312 g/mol. The first-order valence-corrected chi connectivity index (χ1v) is 6.44. The third kappa shape index (κ3) is 2.35. The zero-order valence-electron chi connectivity index (χ0n) is 10.8. The molecule has 0 fully saturated rings. The second-order valence-corrected chi connectivity index (χ2v) is 4.90. The van der Waals surface area contributed by atoms with Crippen LogP contribution in [0.4, 0.5) is 13.2 Å². The van der Waals surface area contributed by atoms with Crippen LogP contribution in [-0.2, 0) is 6.18 Å². The van der Waals surface area contributed by atoms with Gasteiger partial charge in [-0.15, -0.1) is 0 Å². The van der Waals surface area contributed by atoms with Gasteiger partial charge in [-0.2, -0.15) is 18.3 Å². The van der Waals surface area contributed by atoms with Crippen LogP contribution in [0.2, 0.25) is 5.02 Å². The van der Waals surface area contributed by atoms with Gasteiger partial charge in [-0.3, -0.25) is 0 Å². The van der Waals surface area contributed by atoms with Crippen LogP contribution in [0.1, 0.15) is 11.4 Å². The molecule has 3 aromatic rings. The molecule has 0 bridgehead atoms. The van der Waals surface area contributed by atoms with Crippen LogP contribution >= 0.6 is 11.6 Å². The standard InChI is InChI=1S/C14H9ClF3N3/c1-8-12(15)13-19-10(9-5-3-2-4-6-9)7-11(14(16,17)18)21(13)20-8/h2-7H,1H3. The second kappa shape index (κ2) is 4.73. The Bertz CT molecular complexity index is 810. The topological polar surface area (TPSA) is 30.2 Å². The first-order valence-electron chi connectivity index (χ1n) is 6.06. The number of halogens is 4. The molecule has 0 atom stereocenters. The van der Waals surface area contributed by atoms with Crippen molar-refractivity contribution < 1.29 is 13.2 Å². The maximum absolute atomic E-state index is 13.2. The molecule has 0 amide bonds. The molecule has 108 valence electrons. The summed E-state index contributed by atoms with van der Waals surface area (Å²) in [6.07, 6.45) is -4.55. The highest BCUT2D eigenvalue weighted by atomic mass is 35.5. The molecular formula is C14H9ClF3N3. The fourth-order valence-electron chi connectivity index (χ4n) is 2.06. The first-order chi connectivity index (χ1) is 9.88. The van der Waals surface area contributed by atoms with Crippen LogP contribution in [0.25, 0.3) is 16.9 Å². The molecular weight excluding hydrogens is 303 g/mol. The Balaban J connectivity index is 2.36. The Labute approximate surface area is 123 Å². The quantitative estimate of drug-likeness (QED) is 0.667. The van der Waals surface area contributed by atoms with Gasteiger partial charge in [0, 0.05) is 5.56 Å². The average Bonchev–Trinajstić information content (AvgIpc) is 2.73. The van der Waals surface area contributed by atoms with Crippen LogP contribution in [0.5, 0.6) is 0 Å². The third-order valence-corrected chi connectivity index (χ3v) is 3.50. The van der Waals surface area contributed by atoms with Gasteiger partial charge in [-0.1, -0.05) is 41.9 Å². The molecule has 0 aliphatic heterocycles. The van der Waals surface area contributed by atoms with Crippen molar-refractivity contribution in [2.24, 2.45) is 0 Å². The van der Waals surface area contributed by atoms with Crippen molar-refractivity contribution in [1.82, 2.24) is 14.6 Å². The molecule has 0 aliphatic rings. The van der Waals surface area contributed by atoms with Crippen molar-refractivity contribution in [2.45, 2.75) is 13.1 Å². The van der Waals surface area contributed by atoms with E-state index in [1.165, 1.54) is 0 Å². The van der Waals surface area contributed by atoms with Gasteiger partial charge in [0.25, 0.3) is 0 Å². The number of aryl methyl sites for hydroxylation is 1. The third-order valence-electron chi connectivity index (χ3n) is 3.05. The number of nitrogens with zero attached hydrogens (tertiary/aromatic N) is 3. The van der Waals surface area contributed by atoms with E-state index in [0.717, 1.165) is 10.6 Å². The molecule has 0 N–H and O–H groups in total. The summed E-state index contributed by atoms with van der Waals surface area (Å²) in [4.78, 5) is 4.21. The van der Waals surface area contributed by atoms with Crippen molar-refractivity contribution in [2.75, 3.05) is 0 Å². The molecule has 3 nitrogen and oxygen atoms in total. The van der Waals surface area contributed by atoms with Gasteiger partial charge in [0.15, 0.2) is 11.3 Å². The normalized spacial score (nSPS) is 12.0. The van der Waals surface area contributed by atoms with Crippen molar-refractivity contribution in [3.63, 3.8) is 0 Å². The summed E-state index contributed by atoms with van der Waals surface area (Å²) in [6, 6.07) is 9.61. The Morgan fingerprint density at radius 3 is 2.43 bits per heavy atom. The first kappa shape index (κ1) is 13.9. The van der Waals surface area contributed by atoms with E-state index in [1.54, 1.807) is 37.3 Å². The minimum Gasteiger partial charge on any atom is -0.227 e. The minimum atomic E-state index is -4.55. The highest BCUT2D eigenvalue weighted by molar-refractivity contribution is 6.34. The van der Waals surface area contributed by atoms with Crippen LogP contribution in [0.3, 0.4) is 0 Å². The SMILES string of the molecule is Cc1nn2c(C(F)(F)F)cc(-c3ccccc3)nc2c1Cl. The van der Waals surface area contributed by atoms with Gasteiger partial charge in [0.05, 0.1) is 11.4 Å². The number of alkyl halides is 3. The Morgan fingerprint density at radius 2 is 1.81 bits per heavy atom. The van der Waals surface area contributed by atoms with Gasteiger partial charge in [-0.25, -0.2) is 9.50 Å². The van der Waals surface area contributed by atoms with E-state index in [0.29, 0.717) is 11.3 Å². The maximum atomic E-state index is 13.2. The molecule has 2 aromatic heterocycles. The Kier molecular flexibility index (Phi) is 3.13. The number of hydrogen-bond donors (Lipinski definition) is 0. The molecule has 0 aliphatic carbocycles. The Morgan fingerprint density at radius 1 is 1.14 bits per heavy atom. The predicted molar refractivity (Wildman–Crippen MR) is 73.2 cm³/mol. The minimum absolute atomic E-state index is 0.00263. The number of hydrogen-bond acceptors (Lipinski definition) is 2. The van der Waals surface area contributed by atoms with E-state index in [9.17, 15) is 13.2 Å². The molecule has 2 heterocycles. The lowest BCUT2D eigenvalue weighted by Crippen LogP contribution is -2.13. The van der Waals surface area contributed by atoms with E-state index >= 15 is 0 Å². The van der Waals surface area contributed by atoms with Gasteiger partial charge in [0.1, 0.15) is 5.02 Å². The van der Waals surface area contributed by atoms with Crippen LogP contribution < -0.4 is 0 Å². The molecule has 3 rings (SSSR count). The zero-order valence-corrected chi connectivity index (χ0v) is 11.6. The summed E-state index contributed by atoms with van der Waals surface area (Å²) < 4.78 is 40.4. The highest BCUT2D eigenvalue weighted by Gasteiger charge is 2.35. The number of rotatable bonds is 1. The van der Waals surface area contributed by atoms with Crippen LogP contribution in [-0.4, -0.2) is 14.6 Å². The van der Waals surface area contributed by atoms with E-state index < -0.39 is 11.9 Å². The highest BCUT2D eigenvalue weighted by Crippen LogP contribution is 2.34. The van der Waals surface area contributed by atoms with E-state index in [2.05, 4.69) is 10.1 Å². The lowest BCUT2D eigenvalue weighted by Gasteiger charge is -2.11. The van der Waals surface area contributed by atoms with Gasteiger partial charge in [0.2, 0.25) is 0 Å². The summed E-state index contributed by atoms with van der Waals surface area (Å²) in [5.41, 5.74) is 0.196. The van der Waals surface area contributed by atoms with Crippen LogP contribution in [0.15, 0.2) is 36.4 Å². The van der Waals surface area contributed by atoms with Crippen molar-refractivity contribution >= 4 is 17.2 Å². The van der Waals surface area contributed by atoms with E-state index in [1.807, 2.05) is 0 Å². The molecule has 0 saturated carbocycles. The summed E-state index contributed by atoms with van der Waals surface area (Å²) in [5.74, 6) is 0. The van der Waals surface area contributed by atoms with Crippen LogP contribution in [0, 0.1) is 6.92 Å². The molecule has 0 unspecified atom stereocenters. The fraction of sp³-hybridized carbons (Fsp3) is 0.143. The second-order valence-electron chi connectivity index (χ2n) is 4.53. The van der Waals surface area contributed by atoms with E-state index in [-0.39, 0.29) is 16.4 Å². The fourth-order valence-corrected chi connectivity index (χ4v) is 2.22. The largest absolute Gasteiger partial charge is 0.433 e.